The van der Waals surface area contributed by atoms with E-state index < -0.39 is 29.2 Å². The summed E-state index contributed by atoms with van der Waals surface area (Å²) in [6.07, 6.45) is 0.726. The summed E-state index contributed by atoms with van der Waals surface area (Å²) in [5.74, 6) is -4.62. The molecule has 0 radical (unpaired) electrons. The Kier molecular flexibility index (Phi) is 7.93. The fourth-order valence-electron chi connectivity index (χ4n) is 4.17. The topological polar surface area (TPSA) is 160 Å². The number of phenols is 1. The number of ether oxygens (including phenoxy) is 2. The van der Waals surface area contributed by atoms with Gasteiger partial charge in [0.05, 0.1) is 23.9 Å². The lowest BCUT2D eigenvalue weighted by molar-refractivity contribution is 0.0997. The number of amidine groups is 2. The first-order chi connectivity index (χ1) is 20.1. The number of carbonyl (C=O) groups is 1. The average Bonchev–Trinajstić information content (AvgIpc) is 3.33. The van der Waals surface area contributed by atoms with Crippen molar-refractivity contribution >= 4 is 29.3 Å². The van der Waals surface area contributed by atoms with E-state index >= 15 is 4.39 Å². The molecule has 0 bridgehead atoms. The number of aliphatic imine (C=N–C) groups is 1. The van der Waals surface area contributed by atoms with Crippen LogP contribution in [-0.2, 0) is 0 Å². The highest BCUT2D eigenvalue weighted by Gasteiger charge is 2.28. The number of nitrogen functional groups attached to an aromatic ring is 1. The van der Waals surface area contributed by atoms with Crippen LogP contribution in [0.25, 0.3) is 0 Å². The summed E-state index contributed by atoms with van der Waals surface area (Å²) in [4.78, 5) is 22.8. The van der Waals surface area contributed by atoms with Crippen LogP contribution >= 0.6 is 11.8 Å². The fraction of sp³-hybridized carbons (Fsp3) is 0.103. The number of nitrogens with two attached hydrogens (primary N) is 2. The lowest BCUT2D eigenvalue weighted by Gasteiger charge is -2.18. The first-order valence-electron chi connectivity index (χ1n) is 12.4. The van der Waals surface area contributed by atoms with Crippen LogP contribution in [-0.4, -0.2) is 51.5 Å². The molecule has 42 heavy (non-hydrogen) atoms. The smallest absolute Gasteiger partial charge is 0.260 e. The summed E-state index contributed by atoms with van der Waals surface area (Å²) in [6, 6.07) is 17.4. The Morgan fingerprint density at radius 1 is 1.07 bits per heavy atom. The third kappa shape index (κ3) is 5.81. The summed E-state index contributed by atoms with van der Waals surface area (Å²) in [5.41, 5.74) is 12.1. The predicted octanol–water partition coefficient (Wildman–Crippen LogP) is 4.84. The van der Waals surface area contributed by atoms with E-state index in [1.54, 1.807) is 42.5 Å². The number of thioether (sulfide) groups is 1. The number of phenolic OH excluding ortho intramolecular Hbond substituents is 1. The number of hydrogen-bond acceptors (Lipinski definition) is 9. The largest absolute Gasteiger partial charge is 0.504 e. The molecule has 4 aromatic rings. The van der Waals surface area contributed by atoms with Crippen molar-refractivity contribution in [2.45, 2.75) is 10.3 Å². The molecule has 1 atom stereocenters. The summed E-state index contributed by atoms with van der Waals surface area (Å²) in [5, 5.41) is 17.4. The van der Waals surface area contributed by atoms with E-state index in [0.29, 0.717) is 28.4 Å². The van der Waals surface area contributed by atoms with Crippen LogP contribution in [0.5, 0.6) is 28.9 Å². The zero-order chi connectivity index (χ0) is 30.0. The lowest BCUT2D eigenvalue weighted by atomic mass is 10.1. The fourth-order valence-corrected chi connectivity index (χ4v) is 5.37. The zero-order valence-corrected chi connectivity index (χ0v) is 22.9. The maximum Gasteiger partial charge on any atom is 0.260 e. The van der Waals surface area contributed by atoms with Crippen molar-refractivity contribution in [3.8, 4) is 28.9 Å². The Labute approximate surface area is 243 Å². The molecule has 1 aromatic heterocycles. The van der Waals surface area contributed by atoms with Crippen LogP contribution in [0.2, 0.25) is 0 Å². The third-order valence-electron chi connectivity index (χ3n) is 6.19. The van der Waals surface area contributed by atoms with Gasteiger partial charge in [0, 0.05) is 17.5 Å². The number of hydrogen-bond donors (Lipinski definition) is 4. The molecule has 2 heterocycles. The maximum absolute atomic E-state index is 15.5. The summed E-state index contributed by atoms with van der Waals surface area (Å²) >= 11 is 1.37. The number of aromatic nitrogens is 1. The van der Waals surface area contributed by atoms with E-state index in [2.05, 4.69) is 4.98 Å². The van der Waals surface area contributed by atoms with Crippen molar-refractivity contribution in [2.75, 3.05) is 13.6 Å². The molecule has 10 nitrogen and oxygen atoms in total. The van der Waals surface area contributed by atoms with Gasteiger partial charge in [-0.25, -0.2) is 9.37 Å². The minimum absolute atomic E-state index is 0.114. The molecule has 1 unspecified atom stereocenters. The molecule has 1 aliphatic rings. The number of nitrogens with one attached hydrogen (secondary N) is 1. The third-order valence-corrected chi connectivity index (χ3v) is 7.33. The molecule has 0 fully saturated rings. The minimum atomic E-state index is -1.25. The van der Waals surface area contributed by atoms with Crippen molar-refractivity contribution in [1.29, 1.82) is 5.41 Å². The van der Waals surface area contributed by atoms with Crippen molar-refractivity contribution in [1.82, 2.24) is 9.88 Å². The SMILES string of the molecule is CN1CC(Sc2ccccc2C(N)=O)N=C1c1ccccc1Oc1c(F)cnc(Oc2cc(C(=N)N)ccc2O)c1F. The van der Waals surface area contributed by atoms with Gasteiger partial charge in [0.15, 0.2) is 17.3 Å². The number of likely N-dealkylation sites (N-methyl/N-ethyl adjacent to an activating group) is 1. The van der Waals surface area contributed by atoms with Gasteiger partial charge in [-0.3, -0.25) is 15.2 Å². The van der Waals surface area contributed by atoms with Crippen molar-refractivity contribution in [3.05, 3.63) is 101 Å². The quantitative estimate of drug-likeness (QED) is 0.159. The molecule has 3 aromatic carbocycles. The molecule has 0 saturated carbocycles. The average molecular weight is 591 g/mol. The van der Waals surface area contributed by atoms with Gasteiger partial charge in [-0.2, -0.15) is 4.39 Å². The van der Waals surface area contributed by atoms with Crippen molar-refractivity contribution in [2.24, 2.45) is 16.5 Å². The van der Waals surface area contributed by atoms with Gasteiger partial charge in [-0.15, -0.1) is 0 Å². The molecule has 214 valence electrons. The Morgan fingerprint density at radius 2 is 1.81 bits per heavy atom. The second-order valence-electron chi connectivity index (χ2n) is 9.12. The van der Waals surface area contributed by atoms with E-state index in [1.807, 2.05) is 11.9 Å². The number of primary amides is 1. The van der Waals surface area contributed by atoms with Gasteiger partial charge in [0.2, 0.25) is 17.5 Å². The molecule has 5 rings (SSSR count). The molecule has 13 heteroatoms. The minimum Gasteiger partial charge on any atom is -0.504 e. The van der Waals surface area contributed by atoms with Gasteiger partial charge in [-0.05, 0) is 42.5 Å². The number of para-hydroxylation sites is 1. The number of rotatable bonds is 9. The zero-order valence-electron chi connectivity index (χ0n) is 22.0. The maximum atomic E-state index is 15.5. The Bertz CT molecular complexity index is 1730. The first-order valence-corrected chi connectivity index (χ1v) is 13.3. The van der Waals surface area contributed by atoms with Crippen LogP contribution in [0.4, 0.5) is 8.78 Å². The molecular weight excluding hydrogens is 566 g/mol. The second-order valence-corrected chi connectivity index (χ2v) is 10.3. The highest BCUT2D eigenvalue weighted by atomic mass is 32.2. The summed E-state index contributed by atoms with van der Waals surface area (Å²) in [7, 11) is 1.82. The van der Waals surface area contributed by atoms with E-state index in [4.69, 9.17) is 31.3 Å². The second kappa shape index (κ2) is 11.7. The molecule has 6 N–H and O–H groups in total. The summed E-state index contributed by atoms with van der Waals surface area (Å²) in [6.45, 7) is 0.486. The van der Waals surface area contributed by atoms with Crippen LogP contribution in [0.1, 0.15) is 21.5 Å². The number of carbonyl (C=O) groups excluding carboxylic acids is 1. The standard InChI is InChI=1S/C29H24F2N6O4S/c1-37-14-23(42-22-9-5-3-7-17(22)27(34)39)36-28(37)16-6-2-4-8-20(16)40-25-18(30)13-35-29(24(25)31)41-21-12-15(26(32)33)10-11-19(21)38/h2-13,23,38H,14H2,1H3,(H3,32,33)(H2,34,39). The number of benzene rings is 3. The number of halogens is 2. The van der Waals surface area contributed by atoms with Gasteiger partial charge < -0.3 is 30.9 Å². The van der Waals surface area contributed by atoms with Gasteiger partial charge in [0.25, 0.3) is 5.88 Å². The molecular formula is C29H24F2N6O4S. The van der Waals surface area contributed by atoms with E-state index in [1.165, 1.54) is 36.0 Å². The predicted molar refractivity (Wildman–Crippen MR) is 154 cm³/mol. The Balaban J connectivity index is 1.44. The number of aromatic hydroxyl groups is 1. The van der Waals surface area contributed by atoms with Crippen molar-refractivity contribution < 1.29 is 28.2 Å². The van der Waals surface area contributed by atoms with Crippen LogP contribution in [0, 0.1) is 17.0 Å². The van der Waals surface area contributed by atoms with Gasteiger partial charge >= 0.3 is 0 Å². The highest BCUT2D eigenvalue weighted by molar-refractivity contribution is 8.00. The monoisotopic (exact) mass is 590 g/mol. The number of pyridine rings is 1. The lowest BCUT2D eigenvalue weighted by Crippen LogP contribution is -2.25. The van der Waals surface area contributed by atoms with Gasteiger partial charge in [0.1, 0.15) is 22.8 Å². The van der Waals surface area contributed by atoms with Crippen LogP contribution < -0.4 is 20.9 Å². The number of nitrogens with zero attached hydrogens (tertiary/aromatic N) is 3. The van der Waals surface area contributed by atoms with E-state index in [0.717, 1.165) is 6.20 Å². The highest BCUT2D eigenvalue weighted by Crippen LogP contribution is 2.38. The number of amides is 1. The molecule has 1 aliphatic heterocycles. The Hall–Kier alpha value is -5.17. The normalized spacial score (nSPS) is 14.4. The van der Waals surface area contributed by atoms with Crippen LogP contribution in [0.15, 0.2) is 82.8 Å². The molecule has 0 saturated heterocycles. The molecule has 1 amide bonds. The van der Waals surface area contributed by atoms with Crippen molar-refractivity contribution in [3.63, 3.8) is 0 Å². The first kappa shape index (κ1) is 28.4. The van der Waals surface area contributed by atoms with E-state index in [-0.39, 0.29) is 34.0 Å². The molecule has 0 spiro atoms. The summed E-state index contributed by atoms with van der Waals surface area (Å²) < 4.78 is 41.5. The van der Waals surface area contributed by atoms with Crippen LogP contribution in [0.3, 0.4) is 0 Å². The Morgan fingerprint density at radius 3 is 2.57 bits per heavy atom. The van der Waals surface area contributed by atoms with E-state index in [9.17, 15) is 14.3 Å². The van der Waals surface area contributed by atoms with Gasteiger partial charge in [-0.1, -0.05) is 36.0 Å². The molecule has 0 aliphatic carbocycles.